The molecule has 0 spiro atoms. The third-order valence-electron chi connectivity index (χ3n) is 2.29. The van der Waals surface area contributed by atoms with Gasteiger partial charge in [-0.05, 0) is 24.6 Å². The summed E-state index contributed by atoms with van der Waals surface area (Å²) in [7, 11) is 1.59. The van der Waals surface area contributed by atoms with E-state index < -0.39 is 0 Å². The highest BCUT2D eigenvalue weighted by Gasteiger charge is 2.10. The lowest BCUT2D eigenvalue weighted by molar-refractivity contribution is 0.416. The topological polar surface area (TPSA) is 42.1 Å². The average molecular weight is 256 g/mol. The van der Waals surface area contributed by atoms with E-state index in [4.69, 9.17) is 16.3 Å². The fourth-order valence-corrected chi connectivity index (χ4v) is 2.19. The number of hydrogen-bond donors (Lipinski definition) is 1. The quantitative estimate of drug-likeness (QED) is 0.896. The van der Waals surface area contributed by atoms with E-state index in [1.165, 1.54) is 0 Å². The molecule has 0 unspecified atom stereocenters. The van der Waals surface area contributed by atoms with Crippen LogP contribution in [0.4, 0.5) is 0 Å². The lowest BCUT2D eigenvalue weighted by Gasteiger charge is -2.09. The van der Waals surface area contributed by atoms with Crippen molar-refractivity contribution in [1.82, 2.24) is 4.98 Å². The van der Waals surface area contributed by atoms with E-state index in [1.807, 2.05) is 13.0 Å². The van der Waals surface area contributed by atoms with Crippen LogP contribution in [-0.4, -0.2) is 12.1 Å². The summed E-state index contributed by atoms with van der Waals surface area (Å²) >= 11 is 7.17. The third kappa shape index (κ3) is 1.99. The van der Waals surface area contributed by atoms with Gasteiger partial charge in [-0.25, -0.2) is 0 Å². The minimum absolute atomic E-state index is 0.0891. The van der Waals surface area contributed by atoms with Crippen LogP contribution in [0.15, 0.2) is 22.3 Å². The van der Waals surface area contributed by atoms with Gasteiger partial charge < -0.3 is 9.72 Å². The van der Waals surface area contributed by atoms with Crippen molar-refractivity contribution in [2.24, 2.45) is 0 Å². The molecule has 0 saturated carbocycles. The van der Waals surface area contributed by atoms with E-state index in [0.717, 1.165) is 28.2 Å². The van der Waals surface area contributed by atoms with Crippen LogP contribution < -0.4 is 9.61 Å². The first kappa shape index (κ1) is 11.2. The van der Waals surface area contributed by atoms with Gasteiger partial charge in [-0.15, -0.1) is 0 Å². The molecule has 0 fully saturated rings. The van der Waals surface area contributed by atoms with Crippen LogP contribution in [0.3, 0.4) is 0 Å². The number of benzene rings is 1. The molecule has 0 aliphatic rings. The van der Waals surface area contributed by atoms with Gasteiger partial charge in [0.25, 0.3) is 0 Å². The van der Waals surface area contributed by atoms with E-state index in [9.17, 15) is 4.79 Å². The highest BCUT2D eigenvalue weighted by Crippen LogP contribution is 2.33. The predicted molar refractivity (Wildman–Crippen MR) is 66.7 cm³/mol. The fourth-order valence-electron chi connectivity index (χ4n) is 1.45. The molecule has 1 heterocycles. The molecule has 2 rings (SSSR count). The Morgan fingerprint density at radius 2 is 2.19 bits per heavy atom. The Kier molecular flexibility index (Phi) is 3.03. The van der Waals surface area contributed by atoms with Crippen LogP contribution in [0.25, 0.3) is 11.3 Å². The number of ether oxygens (including phenoxy) is 1. The molecule has 1 aromatic carbocycles. The van der Waals surface area contributed by atoms with Gasteiger partial charge in [0.1, 0.15) is 5.75 Å². The SMILES string of the molecule is COc1cc(C)c(Cl)cc1-c1csc(=O)[nH]1. The molecule has 0 radical (unpaired) electrons. The maximum atomic E-state index is 11.1. The molecule has 0 bridgehead atoms. The molecule has 1 aromatic heterocycles. The molecule has 16 heavy (non-hydrogen) atoms. The molecule has 84 valence electrons. The molecule has 3 nitrogen and oxygen atoms in total. The largest absolute Gasteiger partial charge is 0.496 e. The monoisotopic (exact) mass is 255 g/mol. The summed E-state index contributed by atoms with van der Waals surface area (Å²) < 4.78 is 5.27. The Hall–Kier alpha value is -1.26. The Labute approximate surface area is 102 Å². The fraction of sp³-hybridized carbons (Fsp3) is 0.182. The predicted octanol–water partition coefficient (Wildman–Crippen LogP) is 3.07. The van der Waals surface area contributed by atoms with E-state index in [2.05, 4.69) is 4.98 Å². The number of halogens is 1. The van der Waals surface area contributed by atoms with Gasteiger partial charge in [0.05, 0.1) is 12.8 Å². The van der Waals surface area contributed by atoms with Crippen molar-refractivity contribution in [3.63, 3.8) is 0 Å². The van der Waals surface area contributed by atoms with Crippen LogP contribution >= 0.6 is 22.9 Å². The van der Waals surface area contributed by atoms with Crippen LogP contribution in [0, 0.1) is 6.92 Å². The summed E-state index contributed by atoms with van der Waals surface area (Å²) in [6.45, 7) is 1.91. The maximum absolute atomic E-state index is 11.1. The van der Waals surface area contributed by atoms with Crippen molar-refractivity contribution in [2.75, 3.05) is 7.11 Å². The number of nitrogens with one attached hydrogen (secondary N) is 1. The molecular weight excluding hydrogens is 246 g/mol. The zero-order valence-corrected chi connectivity index (χ0v) is 10.4. The molecule has 1 N–H and O–H groups in total. The van der Waals surface area contributed by atoms with E-state index in [0.29, 0.717) is 10.8 Å². The second-order valence-corrected chi connectivity index (χ2v) is 4.61. The zero-order chi connectivity index (χ0) is 11.7. The summed E-state index contributed by atoms with van der Waals surface area (Å²) in [6, 6.07) is 3.65. The summed E-state index contributed by atoms with van der Waals surface area (Å²) in [5, 5.41) is 2.41. The first-order valence-electron chi connectivity index (χ1n) is 4.64. The first-order valence-corrected chi connectivity index (χ1v) is 5.90. The van der Waals surface area contributed by atoms with Crippen molar-refractivity contribution in [1.29, 1.82) is 0 Å². The number of thiazole rings is 1. The van der Waals surface area contributed by atoms with Crippen molar-refractivity contribution in [2.45, 2.75) is 6.92 Å². The molecule has 2 aromatic rings. The normalized spacial score (nSPS) is 10.4. The summed E-state index contributed by atoms with van der Waals surface area (Å²) in [6.07, 6.45) is 0. The van der Waals surface area contributed by atoms with E-state index in [-0.39, 0.29) is 4.87 Å². The van der Waals surface area contributed by atoms with Crippen molar-refractivity contribution >= 4 is 22.9 Å². The van der Waals surface area contributed by atoms with Gasteiger partial charge in [-0.3, -0.25) is 4.79 Å². The van der Waals surface area contributed by atoms with E-state index >= 15 is 0 Å². The van der Waals surface area contributed by atoms with Gasteiger partial charge in [0.15, 0.2) is 0 Å². The number of methoxy groups -OCH3 is 1. The van der Waals surface area contributed by atoms with Gasteiger partial charge in [-0.2, -0.15) is 0 Å². The minimum atomic E-state index is -0.0891. The van der Waals surface area contributed by atoms with Crippen LogP contribution in [0.2, 0.25) is 5.02 Å². The standard InChI is InChI=1S/C11H10ClNO2S/c1-6-3-10(15-2)7(4-8(6)12)9-5-16-11(14)13-9/h3-5H,1-2H3,(H,13,14). The lowest BCUT2D eigenvalue weighted by atomic mass is 10.1. The Balaban J connectivity index is 2.63. The zero-order valence-electron chi connectivity index (χ0n) is 8.83. The number of hydrogen-bond acceptors (Lipinski definition) is 3. The maximum Gasteiger partial charge on any atom is 0.304 e. The Bertz CT molecular complexity index is 574. The number of aryl methyl sites for hydroxylation is 1. The lowest BCUT2D eigenvalue weighted by Crippen LogP contribution is -1.95. The molecule has 5 heteroatoms. The molecular formula is C11H10ClNO2S. The highest BCUT2D eigenvalue weighted by atomic mass is 35.5. The van der Waals surface area contributed by atoms with Crippen LogP contribution in [-0.2, 0) is 0 Å². The number of H-pyrrole nitrogens is 1. The summed E-state index contributed by atoms with van der Waals surface area (Å²) in [4.78, 5) is 13.8. The van der Waals surface area contributed by atoms with Gasteiger partial charge >= 0.3 is 4.87 Å². The highest BCUT2D eigenvalue weighted by molar-refractivity contribution is 7.07. The summed E-state index contributed by atoms with van der Waals surface area (Å²) in [5.41, 5.74) is 2.48. The molecule has 0 aliphatic carbocycles. The van der Waals surface area contributed by atoms with E-state index in [1.54, 1.807) is 18.6 Å². The van der Waals surface area contributed by atoms with Gasteiger partial charge in [0.2, 0.25) is 0 Å². The van der Waals surface area contributed by atoms with Crippen LogP contribution in [0.5, 0.6) is 5.75 Å². The average Bonchev–Trinajstić information content (AvgIpc) is 2.68. The minimum Gasteiger partial charge on any atom is -0.496 e. The first-order chi connectivity index (χ1) is 7.61. The smallest absolute Gasteiger partial charge is 0.304 e. The van der Waals surface area contributed by atoms with Gasteiger partial charge in [-0.1, -0.05) is 22.9 Å². The van der Waals surface area contributed by atoms with Crippen molar-refractivity contribution < 1.29 is 4.74 Å². The molecule has 0 saturated heterocycles. The summed E-state index contributed by atoms with van der Waals surface area (Å²) in [5.74, 6) is 0.705. The van der Waals surface area contributed by atoms with Crippen molar-refractivity contribution in [3.05, 3.63) is 37.8 Å². The molecule has 0 amide bonds. The second-order valence-electron chi connectivity index (χ2n) is 3.36. The Morgan fingerprint density at radius 1 is 1.44 bits per heavy atom. The van der Waals surface area contributed by atoms with Crippen LogP contribution in [0.1, 0.15) is 5.56 Å². The van der Waals surface area contributed by atoms with Crippen molar-refractivity contribution in [3.8, 4) is 17.0 Å². The van der Waals surface area contributed by atoms with Gasteiger partial charge in [0, 0.05) is 16.0 Å². The third-order valence-corrected chi connectivity index (χ3v) is 3.37. The second kappa shape index (κ2) is 4.31. The Morgan fingerprint density at radius 3 is 2.75 bits per heavy atom. The number of aromatic amines is 1. The number of rotatable bonds is 2. The molecule has 0 aliphatic heterocycles. The number of aromatic nitrogens is 1. The molecule has 0 atom stereocenters.